The van der Waals surface area contributed by atoms with Crippen molar-refractivity contribution in [2.45, 2.75) is 75.9 Å². The van der Waals surface area contributed by atoms with E-state index in [9.17, 15) is 14.3 Å². The average molecular weight is 460 g/mol. The van der Waals surface area contributed by atoms with E-state index in [4.69, 9.17) is 16.3 Å². The minimum atomic E-state index is -0.617. The quantitative estimate of drug-likeness (QED) is 0.601. The standard InChI is InChI=1S/C26H31ClFNO3/c1-25(16-19-5-7-21(27)22(28)14-19)17-20-13-18(6-8-23(20)32-25)15-24(30)29-12-11-26(31)9-3-2-4-10-26/h5-8,13-14,31H,2-4,9-12,15-17H2,1H3,(H,29,30)/t25-/m0/s1. The Hall–Kier alpha value is -2.11. The number of amides is 1. The monoisotopic (exact) mass is 459 g/mol. The topological polar surface area (TPSA) is 58.6 Å². The van der Waals surface area contributed by atoms with Gasteiger partial charge in [-0.2, -0.15) is 0 Å². The van der Waals surface area contributed by atoms with Gasteiger partial charge < -0.3 is 15.2 Å². The molecule has 2 aromatic rings. The SMILES string of the molecule is C[C@]1(Cc2ccc(Cl)c(F)c2)Cc2cc(CC(=O)NCCC3(O)CCCCC3)ccc2O1. The van der Waals surface area contributed by atoms with Crippen LogP contribution in [0.3, 0.4) is 0 Å². The molecule has 4 rings (SSSR count). The van der Waals surface area contributed by atoms with Gasteiger partial charge in [-0.05, 0) is 61.1 Å². The van der Waals surface area contributed by atoms with Crippen LogP contribution in [0.1, 0.15) is 62.1 Å². The van der Waals surface area contributed by atoms with E-state index in [2.05, 4.69) is 5.32 Å². The maximum absolute atomic E-state index is 13.8. The summed E-state index contributed by atoms with van der Waals surface area (Å²) in [7, 11) is 0. The number of ether oxygens (including phenoxy) is 1. The van der Waals surface area contributed by atoms with Crippen molar-refractivity contribution in [1.82, 2.24) is 5.32 Å². The summed E-state index contributed by atoms with van der Waals surface area (Å²) in [4.78, 5) is 12.4. The van der Waals surface area contributed by atoms with Crippen LogP contribution in [0.25, 0.3) is 0 Å². The van der Waals surface area contributed by atoms with Gasteiger partial charge in [0.1, 0.15) is 17.2 Å². The molecule has 1 amide bonds. The zero-order valence-electron chi connectivity index (χ0n) is 18.6. The van der Waals surface area contributed by atoms with E-state index < -0.39 is 17.0 Å². The molecule has 1 atom stereocenters. The van der Waals surface area contributed by atoms with Crippen LogP contribution in [-0.4, -0.2) is 28.8 Å². The van der Waals surface area contributed by atoms with Crippen LogP contribution in [0.5, 0.6) is 5.75 Å². The average Bonchev–Trinajstić information content (AvgIpc) is 3.06. The van der Waals surface area contributed by atoms with Gasteiger partial charge >= 0.3 is 0 Å². The van der Waals surface area contributed by atoms with Gasteiger partial charge in [0.2, 0.25) is 5.91 Å². The molecule has 0 bridgehead atoms. The number of rotatable bonds is 7. The van der Waals surface area contributed by atoms with Gasteiger partial charge in [-0.25, -0.2) is 4.39 Å². The Kier molecular flexibility index (Phi) is 6.78. The molecule has 2 N–H and O–H groups in total. The summed E-state index contributed by atoms with van der Waals surface area (Å²) in [5.74, 6) is 0.348. The molecule has 0 unspecified atom stereocenters. The number of aliphatic hydroxyl groups is 1. The van der Waals surface area contributed by atoms with Gasteiger partial charge in [0.15, 0.2) is 0 Å². The lowest BCUT2D eigenvalue weighted by atomic mass is 9.82. The third kappa shape index (κ3) is 5.62. The van der Waals surface area contributed by atoms with Crippen LogP contribution in [0, 0.1) is 5.82 Å². The fourth-order valence-corrected chi connectivity index (χ4v) is 5.12. The third-order valence-corrected chi connectivity index (χ3v) is 6.98. The molecule has 6 heteroatoms. The predicted octanol–water partition coefficient (Wildman–Crippen LogP) is 5.16. The maximum Gasteiger partial charge on any atom is 0.224 e. The Morgan fingerprint density at radius 3 is 2.66 bits per heavy atom. The molecule has 2 aromatic carbocycles. The first-order valence-corrected chi connectivity index (χ1v) is 11.9. The lowest BCUT2D eigenvalue weighted by Gasteiger charge is -2.32. The second-order valence-electron chi connectivity index (χ2n) is 9.66. The molecule has 1 saturated carbocycles. The summed E-state index contributed by atoms with van der Waals surface area (Å²) in [6, 6.07) is 10.7. The molecule has 1 aliphatic carbocycles. The van der Waals surface area contributed by atoms with Crippen molar-refractivity contribution in [3.8, 4) is 5.75 Å². The maximum atomic E-state index is 13.8. The summed E-state index contributed by atoms with van der Waals surface area (Å²) >= 11 is 5.79. The van der Waals surface area contributed by atoms with Gasteiger partial charge in [-0.1, -0.05) is 49.1 Å². The van der Waals surface area contributed by atoms with E-state index in [0.29, 0.717) is 32.2 Å². The smallest absolute Gasteiger partial charge is 0.224 e. The number of carbonyl (C=O) groups excluding carboxylic acids is 1. The second kappa shape index (κ2) is 9.40. The third-order valence-electron chi connectivity index (χ3n) is 6.67. The first-order valence-electron chi connectivity index (χ1n) is 11.5. The van der Waals surface area contributed by atoms with Crippen LogP contribution in [0.2, 0.25) is 5.02 Å². The van der Waals surface area contributed by atoms with E-state index in [-0.39, 0.29) is 10.9 Å². The lowest BCUT2D eigenvalue weighted by molar-refractivity contribution is -0.120. The molecule has 1 aliphatic heterocycles. The fraction of sp³-hybridized carbons (Fsp3) is 0.500. The van der Waals surface area contributed by atoms with Crippen molar-refractivity contribution in [3.63, 3.8) is 0 Å². The van der Waals surface area contributed by atoms with Crippen LogP contribution in [0.15, 0.2) is 36.4 Å². The Balaban J connectivity index is 1.31. The van der Waals surface area contributed by atoms with Gasteiger partial charge in [0, 0.05) is 19.4 Å². The van der Waals surface area contributed by atoms with E-state index in [1.807, 2.05) is 31.2 Å². The second-order valence-corrected chi connectivity index (χ2v) is 10.1. The Morgan fingerprint density at radius 2 is 1.91 bits per heavy atom. The highest BCUT2D eigenvalue weighted by atomic mass is 35.5. The predicted molar refractivity (Wildman–Crippen MR) is 124 cm³/mol. The Morgan fingerprint density at radius 1 is 1.16 bits per heavy atom. The summed E-state index contributed by atoms with van der Waals surface area (Å²) in [6.45, 7) is 2.51. The van der Waals surface area contributed by atoms with Crippen molar-refractivity contribution in [3.05, 3.63) is 63.9 Å². The first-order chi connectivity index (χ1) is 15.2. The van der Waals surface area contributed by atoms with Crippen LogP contribution < -0.4 is 10.1 Å². The molecule has 32 heavy (non-hydrogen) atoms. The highest BCUT2D eigenvalue weighted by molar-refractivity contribution is 6.30. The van der Waals surface area contributed by atoms with Gasteiger partial charge in [-0.15, -0.1) is 0 Å². The van der Waals surface area contributed by atoms with Crippen LogP contribution in [0.4, 0.5) is 4.39 Å². The number of nitrogens with one attached hydrogen (secondary N) is 1. The van der Waals surface area contributed by atoms with E-state index in [1.54, 1.807) is 6.07 Å². The van der Waals surface area contributed by atoms with Crippen molar-refractivity contribution in [1.29, 1.82) is 0 Å². The molecule has 0 spiro atoms. The van der Waals surface area contributed by atoms with Crippen molar-refractivity contribution in [2.75, 3.05) is 6.54 Å². The largest absolute Gasteiger partial charge is 0.487 e. The number of halogens is 2. The van der Waals surface area contributed by atoms with Crippen LogP contribution in [-0.2, 0) is 24.1 Å². The molecule has 0 aromatic heterocycles. The molecule has 0 radical (unpaired) electrons. The number of fused-ring (bicyclic) bond motifs is 1. The van der Waals surface area contributed by atoms with Crippen molar-refractivity contribution in [2.24, 2.45) is 0 Å². The summed E-state index contributed by atoms with van der Waals surface area (Å²) < 4.78 is 20.0. The Labute approximate surface area is 194 Å². The van der Waals surface area contributed by atoms with Gasteiger partial charge in [-0.3, -0.25) is 4.79 Å². The van der Waals surface area contributed by atoms with Gasteiger partial charge in [0.25, 0.3) is 0 Å². The first kappa shape index (κ1) is 23.1. The van der Waals surface area contributed by atoms with Crippen LogP contribution >= 0.6 is 11.6 Å². The van der Waals surface area contributed by atoms with Gasteiger partial charge in [0.05, 0.1) is 17.0 Å². The molecule has 4 nitrogen and oxygen atoms in total. The van der Waals surface area contributed by atoms with E-state index in [0.717, 1.165) is 48.1 Å². The van der Waals surface area contributed by atoms with E-state index in [1.165, 1.54) is 12.5 Å². The number of carbonyl (C=O) groups is 1. The molecule has 1 fully saturated rings. The normalized spacial score (nSPS) is 21.6. The number of hydrogen-bond acceptors (Lipinski definition) is 3. The van der Waals surface area contributed by atoms with Crippen molar-refractivity contribution < 1.29 is 19.0 Å². The van der Waals surface area contributed by atoms with Crippen molar-refractivity contribution >= 4 is 17.5 Å². The molecule has 1 heterocycles. The summed E-state index contributed by atoms with van der Waals surface area (Å²) in [5, 5.41) is 13.6. The highest BCUT2D eigenvalue weighted by Crippen LogP contribution is 2.38. The molecular weight excluding hydrogens is 429 g/mol. The Bertz CT molecular complexity index is 989. The minimum absolute atomic E-state index is 0.0392. The molecule has 2 aliphatic rings. The number of benzene rings is 2. The molecule has 0 saturated heterocycles. The van der Waals surface area contributed by atoms with E-state index >= 15 is 0 Å². The highest BCUT2D eigenvalue weighted by Gasteiger charge is 2.35. The summed E-state index contributed by atoms with van der Waals surface area (Å²) in [6.07, 6.45) is 7.13. The zero-order valence-corrected chi connectivity index (χ0v) is 19.3. The zero-order chi connectivity index (χ0) is 22.8. The lowest BCUT2D eigenvalue weighted by Crippen LogP contribution is -2.37. The summed E-state index contributed by atoms with van der Waals surface area (Å²) in [5.41, 5.74) is 1.74. The molecule has 172 valence electrons. The molecular formula is C26H31ClFNO3. The fourth-order valence-electron chi connectivity index (χ4n) is 5.01. The number of hydrogen-bond donors (Lipinski definition) is 2. The minimum Gasteiger partial charge on any atom is -0.487 e.